The molecule has 2 aliphatic rings. The topological polar surface area (TPSA) is 100 Å². The molecule has 2 unspecified atom stereocenters. The van der Waals surface area contributed by atoms with Crippen molar-refractivity contribution in [3.05, 3.63) is 144 Å². The highest BCUT2D eigenvalue weighted by Gasteiger charge is 2.38. The summed E-state index contributed by atoms with van der Waals surface area (Å²) in [5, 5.41) is 23.7. The number of anilines is 2. The lowest BCUT2D eigenvalue weighted by Gasteiger charge is -2.40. The van der Waals surface area contributed by atoms with Gasteiger partial charge in [0.1, 0.15) is 11.5 Å². The lowest BCUT2D eigenvalue weighted by atomic mass is 9.85. The van der Waals surface area contributed by atoms with E-state index < -0.39 is 17.7 Å². The Morgan fingerprint density at radius 2 is 1.28 bits per heavy atom. The number of methoxy groups -OCH3 is 2. The maximum atomic E-state index is 11.9. The number of benzene rings is 5. The van der Waals surface area contributed by atoms with Crippen LogP contribution in [0.25, 0.3) is 33.4 Å². The van der Waals surface area contributed by atoms with E-state index in [1.807, 2.05) is 74.5 Å². The molecule has 5 aromatic rings. The van der Waals surface area contributed by atoms with E-state index in [1.165, 1.54) is 21.6 Å². The largest absolute Gasteiger partial charge is 0.496 e. The normalized spacial score (nSPS) is 15.8. The smallest absolute Gasteiger partial charge is 0.412 e. The molecular formula is C50H56N2O6. The molecule has 0 aromatic heterocycles. The molecule has 2 aliphatic heterocycles. The Hall–Kier alpha value is -5.83. The zero-order valence-electron chi connectivity index (χ0n) is 34.9. The fourth-order valence-corrected chi connectivity index (χ4v) is 7.94. The number of ether oxygens (including phenoxy) is 3. The van der Waals surface area contributed by atoms with Crippen molar-refractivity contribution in [2.75, 3.05) is 31.0 Å². The SMILES string of the molecule is COc1ccccc1-c1ccc2c(c1)C(C(C)O)=CC(C)(C)N2C(=O)O.COc1ccccc1-c1ccc2c(c1)C(C(C)OCCCc1ccccc1)=CC(C)(C)N2. The van der Waals surface area contributed by atoms with E-state index in [2.05, 4.69) is 86.8 Å². The molecule has 0 fully saturated rings. The monoisotopic (exact) mass is 780 g/mol. The molecule has 3 N–H and O–H groups in total. The van der Waals surface area contributed by atoms with Gasteiger partial charge in [-0.2, -0.15) is 0 Å². The number of amides is 1. The van der Waals surface area contributed by atoms with Crippen LogP contribution in [0.4, 0.5) is 16.2 Å². The van der Waals surface area contributed by atoms with E-state index in [-0.39, 0.29) is 11.6 Å². The molecule has 2 atom stereocenters. The second-order valence-corrected chi connectivity index (χ2v) is 16.0. The number of aliphatic hydroxyl groups excluding tert-OH is 1. The molecule has 302 valence electrons. The van der Waals surface area contributed by atoms with Gasteiger partial charge in [-0.05, 0) is 119 Å². The predicted octanol–water partition coefficient (Wildman–Crippen LogP) is 11.4. The van der Waals surface area contributed by atoms with E-state index >= 15 is 0 Å². The Bertz CT molecular complexity index is 2290. The maximum absolute atomic E-state index is 11.9. The third-order valence-electron chi connectivity index (χ3n) is 10.7. The Labute approximate surface area is 343 Å². The van der Waals surface area contributed by atoms with Gasteiger partial charge in [0.25, 0.3) is 0 Å². The van der Waals surface area contributed by atoms with Gasteiger partial charge in [-0.15, -0.1) is 0 Å². The van der Waals surface area contributed by atoms with Crippen molar-refractivity contribution in [2.24, 2.45) is 0 Å². The predicted molar refractivity (Wildman–Crippen MR) is 237 cm³/mol. The summed E-state index contributed by atoms with van der Waals surface area (Å²) in [6.45, 7) is 12.6. The molecule has 0 saturated heterocycles. The average Bonchev–Trinajstić information content (AvgIpc) is 3.21. The van der Waals surface area contributed by atoms with Crippen LogP contribution < -0.4 is 19.7 Å². The summed E-state index contributed by atoms with van der Waals surface area (Å²) in [5.41, 5.74) is 10.1. The van der Waals surface area contributed by atoms with Gasteiger partial charge < -0.3 is 29.7 Å². The zero-order chi connectivity index (χ0) is 41.6. The summed E-state index contributed by atoms with van der Waals surface area (Å²) in [7, 11) is 3.34. The highest BCUT2D eigenvalue weighted by molar-refractivity contribution is 5.98. The minimum absolute atomic E-state index is 0.0128. The van der Waals surface area contributed by atoms with Crippen LogP contribution >= 0.6 is 0 Å². The van der Waals surface area contributed by atoms with Gasteiger partial charge >= 0.3 is 6.09 Å². The molecule has 7 rings (SSSR count). The number of carbonyl (C=O) groups is 1. The standard InChI is InChI=1S/C29H33NO2.C21H23NO4/c1-21(32-18-10-13-22-11-6-5-7-12-22)26-20-29(2,3)30-27-17-16-23(19-25(26)27)24-14-8-9-15-28(24)31-4;1-13(23)17-12-21(2,3)22(20(24)25)18-10-9-14(11-16(17)18)15-7-5-6-8-19(15)26-4/h5-9,11-12,14-17,19-21,30H,10,13,18H2,1-4H3;5-13,23H,1-4H3,(H,24,25). The van der Waals surface area contributed by atoms with Crippen molar-refractivity contribution in [3.8, 4) is 33.8 Å². The first-order valence-corrected chi connectivity index (χ1v) is 19.9. The van der Waals surface area contributed by atoms with Crippen LogP contribution in [-0.4, -0.2) is 60.4 Å². The molecule has 8 heteroatoms. The Balaban J connectivity index is 0.000000200. The van der Waals surface area contributed by atoms with Crippen molar-refractivity contribution >= 4 is 28.6 Å². The Morgan fingerprint density at radius 3 is 1.86 bits per heavy atom. The Morgan fingerprint density at radius 1 is 0.707 bits per heavy atom. The fourth-order valence-electron chi connectivity index (χ4n) is 7.94. The van der Waals surface area contributed by atoms with Crippen LogP contribution in [0.5, 0.6) is 11.5 Å². The third-order valence-corrected chi connectivity index (χ3v) is 10.7. The van der Waals surface area contributed by atoms with Crippen molar-refractivity contribution in [2.45, 2.75) is 77.7 Å². The van der Waals surface area contributed by atoms with Crippen LogP contribution in [0.15, 0.2) is 127 Å². The molecule has 0 saturated carbocycles. The molecule has 1 amide bonds. The lowest BCUT2D eigenvalue weighted by molar-refractivity contribution is 0.101. The maximum Gasteiger partial charge on any atom is 0.412 e. The molecular weight excluding hydrogens is 725 g/mol. The highest BCUT2D eigenvalue weighted by Crippen LogP contribution is 2.44. The van der Waals surface area contributed by atoms with Crippen LogP contribution in [0.2, 0.25) is 0 Å². The van der Waals surface area contributed by atoms with Gasteiger partial charge in [-0.1, -0.05) is 91.0 Å². The van der Waals surface area contributed by atoms with Crippen LogP contribution in [0.3, 0.4) is 0 Å². The summed E-state index contributed by atoms with van der Waals surface area (Å²) in [5.74, 6) is 1.62. The minimum Gasteiger partial charge on any atom is -0.496 e. The van der Waals surface area contributed by atoms with Gasteiger partial charge in [0.05, 0.1) is 43.2 Å². The lowest BCUT2D eigenvalue weighted by Crippen LogP contribution is -2.48. The van der Waals surface area contributed by atoms with Gasteiger partial charge in [0.15, 0.2) is 0 Å². The van der Waals surface area contributed by atoms with Gasteiger partial charge in [0, 0.05) is 34.5 Å². The van der Waals surface area contributed by atoms with Crippen LogP contribution in [-0.2, 0) is 11.2 Å². The number of hydrogen-bond donors (Lipinski definition) is 3. The minimum atomic E-state index is -1.03. The third kappa shape index (κ3) is 9.31. The van der Waals surface area contributed by atoms with E-state index in [0.717, 1.165) is 64.5 Å². The number of aliphatic hydroxyl groups is 1. The number of aryl methyl sites for hydroxylation is 1. The summed E-state index contributed by atoms with van der Waals surface area (Å²) >= 11 is 0. The fraction of sp³-hybridized carbons (Fsp3) is 0.300. The van der Waals surface area contributed by atoms with E-state index in [1.54, 1.807) is 27.2 Å². The van der Waals surface area contributed by atoms with Crippen molar-refractivity contribution in [1.29, 1.82) is 0 Å². The molecule has 58 heavy (non-hydrogen) atoms. The number of para-hydroxylation sites is 2. The second-order valence-electron chi connectivity index (χ2n) is 16.0. The molecule has 0 spiro atoms. The Kier molecular flexibility index (Phi) is 12.8. The van der Waals surface area contributed by atoms with E-state index in [0.29, 0.717) is 11.3 Å². The molecule has 0 bridgehead atoms. The summed E-state index contributed by atoms with van der Waals surface area (Å²) in [6, 6.07) is 38.6. The number of carboxylic acid groups (broad SMARTS) is 1. The van der Waals surface area contributed by atoms with Crippen molar-refractivity contribution < 1.29 is 29.2 Å². The van der Waals surface area contributed by atoms with Gasteiger partial charge in [0.2, 0.25) is 0 Å². The van der Waals surface area contributed by atoms with Crippen molar-refractivity contribution in [1.82, 2.24) is 0 Å². The molecule has 2 heterocycles. The summed E-state index contributed by atoms with van der Waals surface area (Å²) in [4.78, 5) is 13.2. The number of nitrogens with zero attached hydrogens (tertiary/aromatic N) is 1. The number of hydrogen-bond acceptors (Lipinski definition) is 6. The number of rotatable bonds is 11. The molecule has 0 aliphatic carbocycles. The molecule has 5 aromatic carbocycles. The first kappa shape index (κ1) is 41.8. The quantitative estimate of drug-likeness (QED) is 0.115. The van der Waals surface area contributed by atoms with Gasteiger partial charge in [-0.25, -0.2) is 4.79 Å². The van der Waals surface area contributed by atoms with Gasteiger partial charge in [-0.3, -0.25) is 4.90 Å². The molecule has 0 radical (unpaired) electrons. The van der Waals surface area contributed by atoms with E-state index in [9.17, 15) is 15.0 Å². The molecule has 8 nitrogen and oxygen atoms in total. The summed E-state index contributed by atoms with van der Waals surface area (Å²) in [6.07, 6.45) is 4.45. The van der Waals surface area contributed by atoms with E-state index in [4.69, 9.17) is 14.2 Å². The van der Waals surface area contributed by atoms with Crippen molar-refractivity contribution in [3.63, 3.8) is 0 Å². The summed E-state index contributed by atoms with van der Waals surface area (Å²) < 4.78 is 17.4. The zero-order valence-corrected chi connectivity index (χ0v) is 34.9. The number of nitrogens with one attached hydrogen (secondary N) is 1. The first-order valence-electron chi connectivity index (χ1n) is 19.9. The average molecular weight is 781 g/mol. The number of fused-ring (bicyclic) bond motifs is 2. The first-order chi connectivity index (χ1) is 27.7. The van der Waals surface area contributed by atoms with Crippen LogP contribution in [0, 0.1) is 0 Å². The van der Waals surface area contributed by atoms with Crippen LogP contribution in [0.1, 0.15) is 64.7 Å². The second kappa shape index (κ2) is 17.8. The highest BCUT2D eigenvalue weighted by atomic mass is 16.5.